The van der Waals surface area contributed by atoms with Gasteiger partial charge in [0.25, 0.3) is 0 Å². The van der Waals surface area contributed by atoms with Crippen molar-refractivity contribution in [1.29, 1.82) is 0 Å². The highest BCUT2D eigenvalue weighted by atomic mass is 16.4. The van der Waals surface area contributed by atoms with Gasteiger partial charge in [0, 0.05) is 5.92 Å². The van der Waals surface area contributed by atoms with Crippen molar-refractivity contribution in [2.24, 2.45) is 17.0 Å². The Hall–Kier alpha value is -0.530. The summed E-state index contributed by atoms with van der Waals surface area (Å²) in [6.45, 7) is 0. The van der Waals surface area contributed by atoms with Crippen molar-refractivity contribution in [2.45, 2.75) is 25.7 Å². The summed E-state index contributed by atoms with van der Waals surface area (Å²) in [6.07, 6.45) is 4.99. The molecule has 0 heterocycles. The van der Waals surface area contributed by atoms with Gasteiger partial charge in [-0.15, -0.1) is 0 Å². The van der Waals surface area contributed by atoms with Crippen molar-refractivity contribution in [1.82, 2.24) is 0 Å². The molecule has 2 atom stereocenters. The lowest BCUT2D eigenvalue weighted by molar-refractivity contribution is 0.313. The maximum Gasteiger partial charge on any atom is 0.0604 e. The van der Waals surface area contributed by atoms with Crippen LogP contribution in [0, 0.1) is 11.8 Å². The van der Waals surface area contributed by atoms with Gasteiger partial charge in [0.15, 0.2) is 0 Å². The molecule has 2 fully saturated rings. The third-order valence-corrected chi connectivity index (χ3v) is 2.64. The maximum absolute atomic E-state index is 8.48. The predicted molar refractivity (Wildman–Crippen MR) is 34.7 cm³/mol. The normalized spacial score (nSPS) is 44.7. The Morgan fingerprint density at radius 2 is 2.33 bits per heavy atom. The van der Waals surface area contributed by atoms with E-state index < -0.39 is 0 Å². The van der Waals surface area contributed by atoms with Crippen molar-refractivity contribution in [2.75, 3.05) is 0 Å². The van der Waals surface area contributed by atoms with Crippen LogP contribution in [0.4, 0.5) is 0 Å². The van der Waals surface area contributed by atoms with E-state index in [1.165, 1.54) is 19.3 Å². The molecular formula is C7H11NO. The Kier molecular flexibility index (Phi) is 1.01. The summed E-state index contributed by atoms with van der Waals surface area (Å²) in [4.78, 5) is 0. The SMILES string of the molecule is O/N=C1/C[C@H]2CC[C@H]1C2. The van der Waals surface area contributed by atoms with Crippen molar-refractivity contribution in [3.05, 3.63) is 0 Å². The number of hydrogen-bond acceptors (Lipinski definition) is 2. The molecule has 2 rings (SSSR count). The van der Waals surface area contributed by atoms with Gasteiger partial charge in [0.05, 0.1) is 5.71 Å². The zero-order valence-corrected chi connectivity index (χ0v) is 5.38. The first-order valence-electron chi connectivity index (χ1n) is 3.61. The number of hydrogen-bond donors (Lipinski definition) is 1. The average molecular weight is 125 g/mol. The summed E-state index contributed by atoms with van der Waals surface area (Å²) < 4.78 is 0. The van der Waals surface area contributed by atoms with Gasteiger partial charge in [-0.3, -0.25) is 0 Å². The minimum atomic E-state index is 0.653. The molecular weight excluding hydrogens is 114 g/mol. The maximum atomic E-state index is 8.48. The van der Waals surface area contributed by atoms with Gasteiger partial charge in [-0.2, -0.15) is 0 Å². The van der Waals surface area contributed by atoms with Crippen LogP contribution in [0.3, 0.4) is 0 Å². The van der Waals surface area contributed by atoms with Crippen molar-refractivity contribution < 1.29 is 5.21 Å². The van der Waals surface area contributed by atoms with Gasteiger partial charge in [-0.25, -0.2) is 0 Å². The van der Waals surface area contributed by atoms with Gasteiger partial charge in [-0.05, 0) is 31.6 Å². The monoisotopic (exact) mass is 125 g/mol. The van der Waals surface area contributed by atoms with Gasteiger partial charge >= 0.3 is 0 Å². The molecule has 2 nitrogen and oxygen atoms in total. The van der Waals surface area contributed by atoms with Gasteiger partial charge < -0.3 is 5.21 Å². The summed E-state index contributed by atoms with van der Waals surface area (Å²) in [5, 5.41) is 11.8. The Morgan fingerprint density at radius 1 is 1.44 bits per heavy atom. The molecule has 2 heteroatoms. The first-order chi connectivity index (χ1) is 4.40. The topological polar surface area (TPSA) is 32.6 Å². The highest BCUT2D eigenvalue weighted by molar-refractivity contribution is 5.89. The third kappa shape index (κ3) is 0.655. The van der Waals surface area contributed by atoms with E-state index in [-0.39, 0.29) is 0 Å². The molecule has 0 aromatic carbocycles. The minimum Gasteiger partial charge on any atom is -0.411 e. The first-order valence-corrected chi connectivity index (χ1v) is 3.61. The highest BCUT2D eigenvalue weighted by Crippen LogP contribution is 2.42. The lowest BCUT2D eigenvalue weighted by Crippen LogP contribution is -2.08. The molecule has 0 unspecified atom stereocenters. The van der Waals surface area contributed by atoms with Gasteiger partial charge in [0.1, 0.15) is 0 Å². The Morgan fingerprint density at radius 3 is 2.67 bits per heavy atom. The van der Waals surface area contributed by atoms with E-state index in [0.29, 0.717) is 5.92 Å². The van der Waals surface area contributed by atoms with E-state index in [1.54, 1.807) is 0 Å². The Labute approximate surface area is 54.6 Å². The summed E-state index contributed by atoms with van der Waals surface area (Å²) in [6, 6.07) is 0. The van der Waals surface area contributed by atoms with E-state index in [4.69, 9.17) is 5.21 Å². The van der Waals surface area contributed by atoms with Crippen LogP contribution < -0.4 is 0 Å². The fraction of sp³-hybridized carbons (Fsp3) is 0.857. The smallest absolute Gasteiger partial charge is 0.0604 e. The van der Waals surface area contributed by atoms with Crippen molar-refractivity contribution in [3.63, 3.8) is 0 Å². The van der Waals surface area contributed by atoms with Gasteiger partial charge in [-0.1, -0.05) is 5.16 Å². The summed E-state index contributed by atoms with van der Waals surface area (Å²) in [5.74, 6) is 1.51. The third-order valence-electron chi connectivity index (χ3n) is 2.64. The zero-order valence-electron chi connectivity index (χ0n) is 5.38. The largest absolute Gasteiger partial charge is 0.411 e. The van der Waals surface area contributed by atoms with E-state index >= 15 is 0 Å². The zero-order chi connectivity index (χ0) is 6.27. The van der Waals surface area contributed by atoms with E-state index in [9.17, 15) is 0 Å². The summed E-state index contributed by atoms with van der Waals surface area (Å²) in [5.41, 5.74) is 1.06. The quantitative estimate of drug-likeness (QED) is 0.387. The number of oxime groups is 1. The highest BCUT2D eigenvalue weighted by Gasteiger charge is 2.36. The summed E-state index contributed by atoms with van der Waals surface area (Å²) >= 11 is 0. The van der Waals surface area contributed by atoms with E-state index in [1.807, 2.05) is 0 Å². The van der Waals surface area contributed by atoms with Crippen LogP contribution in [0.1, 0.15) is 25.7 Å². The van der Waals surface area contributed by atoms with Crippen LogP contribution in [0.25, 0.3) is 0 Å². The molecule has 2 aliphatic rings. The summed E-state index contributed by atoms with van der Waals surface area (Å²) in [7, 11) is 0. The lowest BCUT2D eigenvalue weighted by Gasteiger charge is -2.08. The number of nitrogens with zero attached hydrogens (tertiary/aromatic N) is 1. The van der Waals surface area contributed by atoms with E-state index in [0.717, 1.165) is 18.1 Å². The molecule has 2 bridgehead atoms. The van der Waals surface area contributed by atoms with Crippen molar-refractivity contribution >= 4 is 5.71 Å². The molecule has 2 aliphatic carbocycles. The fourth-order valence-corrected chi connectivity index (χ4v) is 2.15. The molecule has 0 aromatic rings. The molecule has 9 heavy (non-hydrogen) atoms. The first kappa shape index (κ1) is 5.27. The second kappa shape index (κ2) is 1.72. The number of fused-ring (bicyclic) bond motifs is 2. The Balaban J connectivity index is 2.18. The van der Waals surface area contributed by atoms with Crippen molar-refractivity contribution in [3.8, 4) is 0 Å². The molecule has 0 aromatic heterocycles. The molecule has 0 radical (unpaired) electrons. The molecule has 0 saturated heterocycles. The molecule has 0 amide bonds. The molecule has 1 N–H and O–H groups in total. The van der Waals surface area contributed by atoms with Crippen LogP contribution in [0.2, 0.25) is 0 Å². The van der Waals surface area contributed by atoms with Crippen LogP contribution in [0.15, 0.2) is 5.16 Å². The van der Waals surface area contributed by atoms with Crippen LogP contribution >= 0.6 is 0 Å². The molecule has 0 aliphatic heterocycles. The predicted octanol–water partition coefficient (Wildman–Crippen LogP) is 1.64. The average Bonchev–Trinajstić information content (AvgIpc) is 2.45. The second-order valence-corrected chi connectivity index (χ2v) is 3.17. The second-order valence-electron chi connectivity index (χ2n) is 3.17. The van der Waals surface area contributed by atoms with E-state index in [2.05, 4.69) is 5.16 Å². The minimum absolute atomic E-state index is 0.653. The van der Waals surface area contributed by atoms with Crippen LogP contribution in [-0.2, 0) is 0 Å². The Bertz CT molecular complexity index is 153. The fourth-order valence-electron chi connectivity index (χ4n) is 2.15. The van der Waals surface area contributed by atoms with Crippen LogP contribution in [0.5, 0.6) is 0 Å². The molecule has 50 valence electrons. The lowest BCUT2D eigenvalue weighted by atomic mass is 9.99. The van der Waals surface area contributed by atoms with Gasteiger partial charge in [0.2, 0.25) is 0 Å². The molecule has 0 spiro atoms. The molecule has 2 saturated carbocycles. The standard InChI is InChI=1S/C7H11NO/c9-8-7-4-5-1-2-6(7)3-5/h5-6,9H,1-4H2/b8-7-/t5-,6-/m0/s1. The number of rotatable bonds is 0. The van der Waals surface area contributed by atoms with Crippen LogP contribution in [-0.4, -0.2) is 10.9 Å².